The van der Waals surface area contributed by atoms with Crippen LogP contribution < -0.4 is 9.62 Å². The van der Waals surface area contributed by atoms with E-state index in [-0.39, 0.29) is 10.8 Å². The Bertz CT molecular complexity index is 1070. The van der Waals surface area contributed by atoms with Gasteiger partial charge in [-0.1, -0.05) is 29.8 Å². The average molecular weight is 401 g/mol. The molecule has 5 nitrogen and oxygen atoms in total. The molecule has 1 aromatic heterocycles. The van der Waals surface area contributed by atoms with Crippen LogP contribution in [0.1, 0.15) is 20.8 Å². The van der Waals surface area contributed by atoms with Gasteiger partial charge >= 0.3 is 0 Å². The second-order valence-electron chi connectivity index (χ2n) is 6.28. The minimum Gasteiger partial charge on any atom is -0.321 e. The lowest BCUT2D eigenvalue weighted by atomic mass is 10.2. The van der Waals surface area contributed by atoms with Gasteiger partial charge in [-0.05, 0) is 49.7 Å². The SMILES string of the molecule is Cc1ccc(NC(=O)c2cc(S(=O)(=O)N(C)c3cccc(C)c3)cs2)cc1. The Balaban J connectivity index is 1.81. The lowest BCUT2D eigenvalue weighted by molar-refractivity contribution is 0.103. The summed E-state index contributed by atoms with van der Waals surface area (Å²) in [4.78, 5) is 12.9. The smallest absolute Gasteiger partial charge is 0.265 e. The fourth-order valence-corrected chi connectivity index (χ4v) is 4.87. The van der Waals surface area contributed by atoms with E-state index in [4.69, 9.17) is 0 Å². The highest BCUT2D eigenvalue weighted by Gasteiger charge is 2.24. The second-order valence-corrected chi connectivity index (χ2v) is 9.16. The van der Waals surface area contributed by atoms with Crippen LogP contribution >= 0.6 is 11.3 Å². The van der Waals surface area contributed by atoms with Crippen molar-refractivity contribution in [1.29, 1.82) is 0 Å². The Hall–Kier alpha value is -2.64. The van der Waals surface area contributed by atoms with E-state index in [0.29, 0.717) is 16.3 Å². The van der Waals surface area contributed by atoms with Crippen LogP contribution in [-0.4, -0.2) is 21.4 Å². The van der Waals surface area contributed by atoms with Crippen molar-refractivity contribution in [3.05, 3.63) is 76.0 Å². The fourth-order valence-electron chi connectivity index (χ4n) is 2.52. The Morgan fingerprint density at radius 1 is 1.00 bits per heavy atom. The van der Waals surface area contributed by atoms with Crippen molar-refractivity contribution in [2.75, 3.05) is 16.7 Å². The molecular weight excluding hydrogens is 380 g/mol. The van der Waals surface area contributed by atoms with Gasteiger partial charge in [0.05, 0.1) is 15.5 Å². The zero-order chi connectivity index (χ0) is 19.6. The molecule has 0 saturated carbocycles. The van der Waals surface area contributed by atoms with Crippen LogP contribution in [0.15, 0.2) is 64.9 Å². The Labute approximate surface area is 163 Å². The van der Waals surface area contributed by atoms with E-state index in [1.165, 1.54) is 22.8 Å². The summed E-state index contributed by atoms with van der Waals surface area (Å²) >= 11 is 1.10. The fraction of sp³-hybridized carbons (Fsp3) is 0.150. The quantitative estimate of drug-likeness (QED) is 0.688. The maximum atomic E-state index is 12.9. The number of hydrogen-bond acceptors (Lipinski definition) is 4. The number of thiophene rings is 1. The summed E-state index contributed by atoms with van der Waals surface area (Å²) in [6.07, 6.45) is 0. The summed E-state index contributed by atoms with van der Waals surface area (Å²) in [5.74, 6) is -0.330. The van der Waals surface area contributed by atoms with Crippen LogP contribution in [-0.2, 0) is 10.0 Å². The number of carbonyl (C=O) groups is 1. The Morgan fingerprint density at radius 2 is 1.70 bits per heavy atom. The number of rotatable bonds is 5. The Morgan fingerprint density at radius 3 is 2.37 bits per heavy atom. The molecule has 0 atom stereocenters. The van der Waals surface area contributed by atoms with Crippen LogP contribution in [0.2, 0.25) is 0 Å². The van der Waals surface area contributed by atoms with Crippen molar-refractivity contribution in [2.45, 2.75) is 18.7 Å². The zero-order valence-electron chi connectivity index (χ0n) is 15.3. The number of amides is 1. The molecule has 0 saturated heterocycles. The topological polar surface area (TPSA) is 66.5 Å². The molecule has 0 spiro atoms. The summed E-state index contributed by atoms with van der Waals surface area (Å²) < 4.78 is 27.0. The van der Waals surface area contributed by atoms with Crippen LogP contribution in [0.5, 0.6) is 0 Å². The summed E-state index contributed by atoms with van der Waals surface area (Å²) in [7, 11) is -2.23. The molecule has 0 radical (unpaired) electrons. The molecule has 27 heavy (non-hydrogen) atoms. The standard InChI is InChI=1S/C20H20N2O3S2/c1-14-7-9-16(10-8-14)21-20(23)19-12-18(13-26-19)27(24,25)22(3)17-6-4-5-15(2)11-17/h4-13H,1-3H3,(H,21,23). The van der Waals surface area contributed by atoms with Gasteiger partial charge in [0.25, 0.3) is 15.9 Å². The van der Waals surface area contributed by atoms with Crippen LogP contribution in [0.25, 0.3) is 0 Å². The molecule has 7 heteroatoms. The van der Waals surface area contributed by atoms with E-state index in [2.05, 4.69) is 5.32 Å². The molecule has 2 aromatic carbocycles. The number of hydrogen-bond donors (Lipinski definition) is 1. The number of carbonyl (C=O) groups excluding carboxylic acids is 1. The molecule has 1 N–H and O–H groups in total. The number of nitrogens with one attached hydrogen (secondary N) is 1. The third kappa shape index (κ3) is 4.20. The van der Waals surface area contributed by atoms with E-state index in [1.807, 2.05) is 50.2 Å². The summed E-state index contributed by atoms with van der Waals surface area (Å²) in [6, 6.07) is 16.1. The largest absolute Gasteiger partial charge is 0.321 e. The van der Waals surface area contributed by atoms with E-state index in [1.54, 1.807) is 12.1 Å². The van der Waals surface area contributed by atoms with Gasteiger partial charge in [0, 0.05) is 18.1 Å². The Kier molecular flexibility index (Phi) is 5.34. The molecule has 0 unspecified atom stereocenters. The van der Waals surface area contributed by atoms with Crippen molar-refractivity contribution in [3.8, 4) is 0 Å². The predicted octanol–water partition coefficient (Wildman–Crippen LogP) is 4.44. The molecule has 3 aromatic rings. The highest BCUT2D eigenvalue weighted by Crippen LogP contribution is 2.27. The van der Waals surface area contributed by atoms with Gasteiger partial charge in [-0.2, -0.15) is 0 Å². The minimum atomic E-state index is -3.74. The van der Waals surface area contributed by atoms with Gasteiger partial charge in [0.15, 0.2) is 0 Å². The molecule has 140 valence electrons. The number of anilines is 2. The van der Waals surface area contributed by atoms with Crippen LogP contribution in [0.3, 0.4) is 0 Å². The van der Waals surface area contributed by atoms with Crippen molar-refractivity contribution in [1.82, 2.24) is 0 Å². The van der Waals surface area contributed by atoms with Gasteiger partial charge in [-0.3, -0.25) is 9.10 Å². The minimum absolute atomic E-state index is 0.102. The highest BCUT2D eigenvalue weighted by molar-refractivity contribution is 7.93. The summed E-state index contributed by atoms with van der Waals surface area (Å²) in [6.45, 7) is 3.87. The average Bonchev–Trinajstić information content (AvgIpc) is 3.14. The first-order chi connectivity index (χ1) is 12.8. The maximum absolute atomic E-state index is 12.9. The zero-order valence-corrected chi connectivity index (χ0v) is 16.9. The normalized spacial score (nSPS) is 11.2. The van der Waals surface area contributed by atoms with Crippen molar-refractivity contribution >= 4 is 38.6 Å². The van der Waals surface area contributed by atoms with Crippen LogP contribution in [0.4, 0.5) is 11.4 Å². The van der Waals surface area contributed by atoms with E-state index < -0.39 is 10.0 Å². The second kappa shape index (κ2) is 7.54. The number of nitrogens with zero attached hydrogens (tertiary/aromatic N) is 1. The molecule has 0 aliphatic heterocycles. The molecule has 3 rings (SSSR count). The van der Waals surface area contributed by atoms with E-state index in [9.17, 15) is 13.2 Å². The first-order valence-corrected chi connectivity index (χ1v) is 10.6. The third-order valence-electron chi connectivity index (χ3n) is 4.13. The van der Waals surface area contributed by atoms with Crippen molar-refractivity contribution < 1.29 is 13.2 Å². The third-order valence-corrected chi connectivity index (χ3v) is 6.97. The monoisotopic (exact) mass is 400 g/mol. The van der Waals surface area contributed by atoms with Gasteiger partial charge in [-0.15, -0.1) is 11.3 Å². The first kappa shape index (κ1) is 19.1. The molecule has 0 bridgehead atoms. The lowest BCUT2D eigenvalue weighted by Crippen LogP contribution is -2.26. The van der Waals surface area contributed by atoms with Gasteiger partial charge in [-0.25, -0.2) is 8.42 Å². The molecule has 0 aliphatic carbocycles. The molecule has 0 aliphatic rings. The number of sulfonamides is 1. The van der Waals surface area contributed by atoms with Gasteiger partial charge in [0.2, 0.25) is 0 Å². The van der Waals surface area contributed by atoms with Crippen LogP contribution in [0, 0.1) is 13.8 Å². The van der Waals surface area contributed by atoms with Gasteiger partial charge < -0.3 is 5.32 Å². The molecule has 1 amide bonds. The first-order valence-electron chi connectivity index (χ1n) is 8.29. The highest BCUT2D eigenvalue weighted by atomic mass is 32.2. The lowest BCUT2D eigenvalue weighted by Gasteiger charge is -2.19. The molecular formula is C20H20N2O3S2. The summed E-state index contributed by atoms with van der Waals surface area (Å²) in [5, 5.41) is 4.27. The predicted molar refractivity (Wildman–Crippen MR) is 110 cm³/mol. The van der Waals surface area contributed by atoms with Crippen molar-refractivity contribution in [3.63, 3.8) is 0 Å². The van der Waals surface area contributed by atoms with E-state index in [0.717, 1.165) is 22.5 Å². The maximum Gasteiger partial charge on any atom is 0.265 e. The molecule has 1 heterocycles. The van der Waals surface area contributed by atoms with E-state index >= 15 is 0 Å². The molecule has 0 fully saturated rings. The summed E-state index contributed by atoms with van der Waals surface area (Å²) in [5.41, 5.74) is 3.31. The van der Waals surface area contributed by atoms with Gasteiger partial charge in [0.1, 0.15) is 0 Å². The number of aryl methyl sites for hydroxylation is 2. The van der Waals surface area contributed by atoms with Crippen molar-refractivity contribution in [2.24, 2.45) is 0 Å². The number of benzene rings is 2.